The summed E-state index contributed by atoms with van der Waals surface area (Å²) in [6, 6.07) is 58.9. The third-order valence-electron chi connectivity index (χ3n) is 16.5. The highest BCUT2D eigenvalue weighted by atomic mass is 16.3. The Morgan fingerprint density at radius 2 is 0.884 bits per heavy atom. The molecule has 3 aliphatic rings. The zero-order valence-corrected chi connectivity index (χ0v) is 40.8. The summed E-state index contributed by atoms with van der Waals surface area (Å²) < 4.78 is 13.8. The van der Waals surface area contributed by atoms with Crippen molar-refractivity contribution in [1.82, 2.24) is 0 Å². The first-order valence-electron chi connectivity index (χ1n) is 24.6. The minimum atomic E-state index is -0.319. The van der Waals surface area contributed by atoms with Gasteiger partial charge in [-0.3, -0.25) is 0 Å². The van der Waals surface area contributed by atoms with Crippen LogP contribution in [0.4, 0.5) is 17.1 Å². The Hall–Kier alpha value is -7.62. The fraction of sp³-hybridized carbons (Fsp3) is 0.182. The number of fused-ring (bicyclic) bond motifs is 19. The van der Waals surface area contributed by atoms with Crippen molar-refractivity contribution in [1.29, 1.82) is 0 Å². The Balaban J connectivity index is 0.993. The van der Waals surface area contributed by atoms with Crippen molar-refractivity contribution in [2.75, 3.05) is 4.90 Å². The van der Waals surface area contributed by atoms with E-state index in [9.17, 15) is 0 Å². The van der Waals surface area contributed by atoms with Gasteiger partial charge in [0.2, 0.25) is 0 Å². The first-order chi connectivity index (χ1) is 33.2. The highest BCUT2D eigenvalue weighted by Crippen LogP contribution is 2.64. The maximum atomic E-state index is 6.99. The molecule has 0 bridgehead atoms. The molecule has 14 rings (SSSR count). The van der Waals surface area contributed by atoms with Crippen LogP contribution in [0, 0.1) is 20.8 Å². The number of para-hydroxylation sites is 2. The van der Waals surface area contributed by atoms with E-state index in [1.807, 2.05) is 0 Å². The second kappa shape index (κ2) is 13.5. The number of hydrogen-bond donors (Lipinski definition) is 0. The van der Waals surface area contributed by atoms with Crippen LogP contribution in [0.1, 0.15) is 91.6 Å². The van der Waals surface area contributed by atoms with Crippen LogP contribution in [0.15, 0.2) is 167 Å². The van der Waals surface area contributed by atoms with Gasteiger partial charge in [0.25, 0.3) is 0 Å². The van der Waals surface area contributed by atoms with Gasteiger partial charge in [0.05, 0.1) is 0 Å². The minimum Gasteiger partial charge on any atom is -0.455 e. The van der Waals surface area contributed by atoms with E-state index in [-0.39, 0.29) is 16.2 Å². The number of aryl methyl sites for hydroxylation is 3. The first kappa shape index (κ1) is 40.4. The quantitative estimate of drug-likeness (QED) is 0.176. The molecule has 9 aromatic carbocycles. The molecule has 0 unspecified atom stereocenters. The number of benzene rings is 9. The van der Waals surface area contributed by atoms with Crippen LogP contribution < -0.4 is 4.90 Å². The van der Waals surface area contributed by atoms with Gasteiger partial charge >= 0.3 is 0 Å². The van der Waals surface area contributed by atoms with Gasteiger partial charge in [-0.15, -0.1) is 0 Å². The zero-order valence-electron chi connectivity index (χ0n) is 40.8. The number of anilines is 3. The Morgan fingerprint density at radius 1 is 0.362 bits per heavy atom. The Labute approximate surface area is 403 Å². The van der Waals surface area contributed by atoms with Crippen molar-refractivity contribution in [3.8, 4) is 44.5 Å². The van der Waals surface area contributed by atoms with Gasteiger partial charge in [0, 0.05) is 66.0 Å². The lowest BCUT2D eigenvalue weighted by Crippen LogP contribution is -2.24. The van der Waals surface area contributed by atoms with Crippen LogP contribution in [0.25, 0.3) is 88.4 Å². The van der Waals surface area contributed by atoms with E-state index in [2.05, 4.69) is 225 Å². The second-order valence-electron chi connectivity index (χ2n) is 21.9. The number of hydrogen-bond acceptors (Lipinski definition) is 3. The van der Waals surface area contributed by atoms with E-state index in [4.69, 9.17) is 8.83 Å². The summed E-state index contributed by atoms with van der Waals surface area (Å²) >= 11 is 0. The topological polar surface area (TPSA) is 29.5 Å². The number of furan rings is 2. The highest BCUT2D eigenvalue weighted by molar-refractivity contribution is 6.21. The molecule has 0 radical (unpaired) electrons. The van der Waals surface area contributed by atoms with Gasteiger partial charge in [-0.2, -0.15) is 0 Å². The molecule has 3 nitrogen and oxygen atoms in total. The Bertz CT molecular complexity index is 4050. The summed E-state index contributed by atoms with van der Waals surface area (Å²) in [4.78, 5) is 2.51. The van der Waals surface area contributed by atoms with Crippen LogP contribution in [-0.2, 0) is 16.2 Å². The molecule has 0 N–H and O–H groups in total. The van der Waals surface area contributed by atoms with Crippen LogP contribution >= 0.6 is 0 Å². The molecule has 0 aliphatic heterocycles. The highest BCUT2D eigenvalue weighted by Gasteiger charge is 2.49. The smallest absolute Gasteiger partial charge is 0.144 e. The fourth-order valence-corrected chi connectivity index (χ4v) is 13.4. The average molecular weight is 892 g/mol. The van der Waals surface area contributed by atoms with E-state index < -0.39 is 0 Å². The second-order valence-corrected chi connectivity index (χ2v) is 21.9. The summed E-state index contributed by atoms with van der Waals surface area (Å²) in [5.74, 6) is 0. The van der Waals surface area contributed by atoms with E-state index >= 15 is 0 Å². The van der Waals surface area contributed by atoms with Gasteiger partial charge in [-0.1, -0.05) is 150 Å². The van der Waals surface area contributed by atoms with Crippen molar-refractivity contribution in [3.05, 3.63) is 208 Å². The molecule has 0 amide bonds. The number of nitrogens with zero attached hydrogens (tertiary/aromatic N) is 1. The predicted molar refractivity (Wildman–Crippen MR) is 288 cm³/mol. The van der Waals surface area contributed by atoms with E-state index in [0.717, 1.165) is 50.3 Å². The molecule has 3 heteroatoms. The van der Waals surface area contributed by atoms with E-state index in [0.29, 0.717) is 0 Å². The Kier molecular flexibility index (Phi) is 7.94. The molecular formula is C66H53NO2. The standard InChI is InChI=1S/C66H53NO2/c1-36-22-24-39(25-23-36)48-35-52-55(57-46-17-11-14-20-53(46)68-62(48)57)44-28-26-40(33-50(44)64(52,4)5)67(42-31-37(2)30-38(3)32-42)41-27-29-45-51(34-41)66(8,9)60-56(45)58-47-18-12-15-21-54(47)69-63(58)59-43-16-10-13-19-49(43)65(6,7)61(59)60/h10-35H,1-9H3. The van der Waals surface area contributed by atoms with Gasteiger partial charge in [0.15, 0.2) is 0 Å². The van der Waals surface area contributed by atoms with Crippen LogP contribution in [0.3, 0.4) is 0 Å². The molecule has 2 aromatic heterocycles. The van der Waals surface area contributed by atoms with Crippen molar-refractivity contribution in [2.45, 2.75) is 78.6 Å². The van der Waals surface area contributed by atoms with Crippen molar-refractivity contribution >= 4 is 60.9 Å². The lowest BCUT2D eigenvalue weighted by Gasteiger charge is -2.32. The summed E-state index contributed by atoms with van der Waals surface area (Å²) in [7, 11) is 0. The van der Waals surface area contributed by atoms with Crippen molar-refractivity contribution in [2.24, 2.45) is 0 Å². The molecule has 0 spiro atoms. The van der Waals surface area contributed by atoms with E-state index in [1.165, 1.54) is 105 Å². The van der Waals surface area contributed by atoms with Crippen LogP contribution in [0.5, 0.6) is 0 Å². The molecule has 2 heterocycles. The molecule has 0 atom stereocenters. The largest absolute Gasteiger partial charge is 0.455 e. The molecule has 69 heavy (non-hydrogen) atoms. The van der Waals surface area contributed by atoms with Crippen molar-refractivity contribution < 1.29 is 8.83 Å². The molecule has 3 aliphatic carbocycles. The normalized spacial score (nSPS) is 15.4. The molecule has 0 saturated heterocycles. The van der Waals surface area contributed by atoms with Gasteiger partial charge in [0.1, 0.15) is 22.3 Å². The summed E-state index contributed by atoms with van der Waals surface area (Å²) in [6.45, 7) is 21.1. The lowest BCUT2D eigenvalue weighted by atomic mass is 9.72. The maximum Gasteiger partial charge on any atom is 0.144 e. The summed E-state index contributed by atoms with van der Waals surface area (Å²) in [6.07, 6.45) is 0. The third kappa shape index (κ3) is 5.28. The SMILES string of the molecule is Cc1ccc(-c2cc3c(c4c2oc2ccccc24)-c2ccc(N(c4cc(C)cc(C)c4)c4ccc5c(c4)C(C)(C)c4c6c(c7oc8ccccc8c7c4-5)-c4ccccc4C6(C)C)cc2C3(C)C)cc1. The molecule has 0 saturated carbocycles. The molecule has 334 valence electrons. The minimum absolute atomic E-state index is 0.222. The Morgan fingerprint density at radius 3 is 1.55 bits per heavy atom. The zero-order chi connectivity index (χ0) is 47.0. The third-order valence-corrected chi connectivity index (χ3v) is 16.5. The van der Waals surface area contributed by atoms with Crippen molar-refractivity contribution in [3.63, 3.8) is 0 Å². The van der Waals surface area contributed by atoms with Crippen LogP contribution in [-0.4, -0.2) is 0 Å². The maximum absolute atomic E-state index is 6.99. The van der Waals surface area contributed by atoms with Gasteiger partial charge in [-0.05, 0) is 153 Å². The predicted octanol–water partition coefficient (Wildman–Crippen LogP) is 18.5. The lowest BCUT2D eigenvalue weighted by molar-refractivity contribution is 0.600. The fourth-order valence-electron chi connectivity index (χ4n) is 13.4. The van der Waals surface area contributed by atoms with E-state index in [1.54, 1.807) is 0 Å². The monoisotopic (exact) mass is 891 g/mol. The number of rotatable bonds is 4. The van der Waals surface area contributed by atoms with Gasteiger partial charge < -0.3 is 13.7 Å². The molecule has 0 fully saturated rings. The summed E-state index contributed by atoms with van der Waals surface area (Å²) in [5, 5.41) is 4.75. The first-order valence-corrected chi connectivity index (χ1v) is 24.6. The molecule has 11 aromatic rings. The van der Waals surface area contributed by atoms with Crippen LogP contribution in [0.2, 0.25) is 0 Å². The molecular weight excluding hydrogens is 839 g/mol. The average Bonchev–Trinajstić information content (AvgIpc) is 4.08. The summed E-state index contributed by atoms with van der Waals surface area (Å²) in [5.41, 5.74) is 28.3. The van der Waals surface area contributed by atoms with Gasteiger partial charge in [-0.25, -0.2) is 0 Å².